The summed E-state index contributed by atoms with van der Waals surface area (Å²) in [4.78, 5) is 0. The molecule has 78 valence electrons. The molecule has 3 N–H and O–H groups in total. The van der Waals surface area contributed by atoms with Gasteiger partial charge in [-0.15, -0.1) is 0 Å². The van der Waals surface area contributed by atoms with Crippen LogP contribution in [0.1, 0.15) is 36.1 Å². The number of aliphatic hydroxyl groups excluding tert-OH is 1. The van der Waals surface area contributed by atoms with E-state index in [1.165, 1.54) is 11.1 Å². The minimum absolute atomic E-state index is 0.170. The lowest BCUT2D eigenvalue weighted by molar-refractivity contribution is 0.144. The van der Waals surface area contributed by atoms with Crippen molar-refractivity contribution in [3.8, 4) is 0 Å². The lowest BCUT2D eigenvalue weighted by atomic mass is 9.98. The lowest BCUT2D eigenvalue weighted by Crippen LogP contribution is -2.27. The molecule has 0 heterocycles. The average Bonchev–Trinajstić information content (AvgIpc) is 2.14. The zero-order chi connectivity index (χ0) is 10.7. The maximum absolute atomic E-state index is 9.91. The molecule has 2 atom stereocenters. The molecule has 2 heteroatoms. The average molecular weight is 193 g/mol. The summed E-state index contributed by atoms with van der Waals surface area (Å²) in [6.45, 7) is 6.04. The topological polar surface area (TPSA) is 46.2 Å². The lowest BCUT2D eigenvalue weighted by Gasteiger charge is -2.18. The van der Waals surface area contributed by atoms with Gasteiger partial charge in [0.05, 0.1) is 6.10 Å². The van der Waals surface area contributed by atoms with Gasteiger partial charge in [-0.2, -0.15) is 0 Å². The van der Waals surface area contributed by atoms with Crippen molar-refractivity contribution in [3.05, 3.63) is 34.9 Å². The number of hydrogen-bond donors (Lipinski definition) is 2. The highest BCUT2D eigenvalue weighted by Gasteiger charge is 2.15. The van der Waals surface area contributed by atoms with E-state index in [1.54, 1.807) is 0 Å². The standard InChI is InChI=1S/C12H19NO/c1-4-11(13)12(14)10-6-8(2)5-9(3)7-10/h5-7,11-12,14H,4,13H2,1-3H3/t11-,12+/m1/s1. The molecule has 0 spiro atoms. The minimum Gasteiger partial charge on any atom is -0.387 e. The van der Waals surface area contributed by atoms with E-state index >= 15 is 0 Å². The largest absolute Gasteiger partial charge is 0.387 e. The first-order valence-electron chi connectivity index (χ1n) is 5.06. The van der Waals surface area contributed by atoms with Crippen LogP contribution >= 0.6 is 0 Å². The second kappa shape index (κ2) is 4.58. The normalized spacial score (nSPS) is 15.2. The second-order valence-electron chi connectivity index (χ2n) is 3.94. The minimum atomic E-state index is -0.543. The third-order valence-corrected chi connectivity index (χ3v) is 2.46. The van der Waals surface area contributed by atoms with Crippen LogP contribution in [-0.2, 0) is 0 Å². The molecule has 14 heavy (non-hydrogen) atoms. The van der Waals surface area contributed by atoms with E-state index in [1.807, 2.05) is 32.9 Å². The van der Waals surface area contributed by atoms with E-state index in [0.29, 0.717) is 0 Å². The van der Waals surface area contributed by atoms with Crippen molar-refractivity contribution < 1.29 is 5.11 Å². The number of benzene rings is 1. The van der Waals surface area contributed by atoms with Crippen molar-refractivity contribution in [1.82, 2.24) is 0 Å². The monoisotopic (exact) mass is 193 g/mol. The molecule has 0 aromatic heterocycles. The van der Waals surface area contributed by atoms with E-state index in [0.717, 1.165) is 12.0 Å². The van der Waals surface area contributed by atoms with Crippen LogP contribution in [0.25, 0.3) is 0 Å². The van der Waals surface area contributed by atoms with Gasteiger partial charge in [0.15, 0.2) is 0 Å². The molecule has 0 aliphatic rings. The van der Waals surface area contributed by atoms with Crippen LogP contribution in [0.2, 0.25) is 0 Å². The Balaban J connectivity index is 2.94. The van der Waals surface area contributed by atoms with Gasteiger partial charge in [0, 0.05) is 6.04 Å². The number of hydrogen-bond acceptors (Lipinski definition) is 2. The van der Waals surface area contributed by atoms with Crippen LogP contribution in [0.3, 0.4) is 0 Å². The first kappa shape index (κ1) is 11.2. The molecular weight excluding hydrogens is 174 g/mol. The molecule has 0 saturated carbocycles. The number of aryl methyl sites for hydroxylation is 2. The first-order chi connectivity index (χ1) is 6.54. The van der Waals surface area contributed by atoms with Gasteiger partial charge in [0.1, 0.15) is 0 Å². The van der Waals surface area contributed by atoms with Crippen molar-refractivity contribution in [1.29, 1.82) is 0 Å². The van der Waals surface area contributed by atoms with Gasteiger partial charge in [0.2, 0.25) is 0 Å². The fraction of sp³-hybridized carbons (Fsp3) is 0.500. The van der Waals surface area contributed by atoms with E-state index < -0.39 is 6.10 Å². The zero-order valence-electron chi connectivity index (χ0n) is 9.12. The first-order valence-corrected chi connectivity index (χ1v) is 5.06. The molecule has 2 nitrogen and oxygen atoms in total. The van der Waals surface area contributed by atoms with Crippen molar-refractivity contribution in [2.24, 2.45) is 5.73 Å². The molecule has 0 bridgehead atoms. The molecule has 0 amide bonds. The van der Waals surface area contributed by atoms with Gasteiger partial charge < -0.3 is 10.8 Å². The molecular formula is C12H19NO. The summed E-state index contributed by atoms with van der Waals surface area (Å²) in [6, 6.07) is 5.91. The van der Waals surface area contributed by atoms with Gasteiger partial charge in [0.25, 0.3) is 0 Å². The van der Waals surface area contributed by atoms with Crippen LogP contribution in [0.4, 0.5) is 0 Å². The Morgan fingerprint density at radius 2 is 1.71 bits per heavy atom. The van der Waals surface area contributed by atoms with Gasteiger partial charge in [-0.1, -0.05) is 36.2 Å². The molecule has 1 aromatic carbocycles. The third-order valence-electron chi connectivity index (χ3n) is 2.46. The summed E-state index contributed by atoms with van der Waals surface area (Å²) in [5.74, 6) is 0. The maximum Gasteiger partial charge on any atom is 0.0940 e. The van der Waals surface area contributed by atoms with Gasteiger partial charge >= 0.3 is 0 Å². The molecule has 0 radical (unpaired) electrons. The van der Waals surface area contributed by atoms with Crippen molar-refractivity contribution in [3.63, 3.8) is 0 Å². The Hall–Kier alpha value is -0.860. The predicted octanol–water partition coefficient (Wildman–Crippen LogP) is 2.07. The van der Waals surface area contributed by atoms with E-state index in [2.05, 4.69) is 6.07 Å². The Kier molecular flexibility index (Phi) is 3.67. The Bertz CT molecular complexity index is 289. The fourth-order valence-electron chi connectivity index (χ4n) is 1.65. The highest BCUT2D eigenvalue weighted by Crippen LogP contribution is 2.20. The molecule has 0 aliphatic heterocycles. The van der Waals surface area contributed by atoms with E-state index in [-0.39, 0.29) is 6.04 Å². The highest BCUT2D eigenvalue weighted by atomic mass is 16.3. The summed E-state index contributed by atoms with van der Waals surface area (Å²) in [5, 5.41) is 9.91. The second-order valence-corrected chi connectivity index (χ2v) is 3.94. The van der Waals surface area contributed by atoms with E-state index in [4.69, 9.17) is 5.73 Å². The Morgan fingerprint density at radius 3 is 2.14 bits per heavy atom. The molecule has 1 rings (SSSR count). The van der Waals surface area contributed by atoms with Crippen LogP contribution in [0.5, 0.6) is 0 Å². The summed E-state index contributed by atoms with van der Waals surface area (Å²) in [5.41, 5.74) is 9.06. The van der Waals surface area contributed by atoms with Crippen LogP contribution in [0, 0.1) is 13.8 Å². The predicted molar refractivity (Wildman–Crippen MR) is 59.1 cm³/mol. The Morgan fingerprint density at radius 1 is 1.21 bits per heavy atom. The van der Waals surface area contributed by atoms with Crippen LogP contribution < -0.4 is 5.73 Å². The maximum atomic E-state index is 9.91. The van der Waals surface area contributed by atoms with Gasteiger partial charge in [-0.05, 0) is 25.8 Å². The quantitative estimate of drug-likeness (QED) is 0.772. The summed E-state index contributed by atoms with van der Waals surface area (Å²) in [6.07, 6.45) is 0.243. The van der Waals surface area contributed by atoms with Gasteiger partial charge in [-0.25, -0.2) is 0 Å². The summed E-state index contributed by atoms with van der Waals surface area (Å²) < 4.78 is 0. The fourth-order valence-corrected chi connectivity index (χ4v) is 1.65. The summed E-state index contributed by atoms with van der Waals surface area (Å²) >= 11 is 0. The van der Waals surface area contributed by atoms with Gasteiger partial charge in [-0.3, -0.25) is 0 Å². The molecule has 0 aliphatic carbocycles. The molecule has 0 unspecified atom stereocenters. The smallest absolute Gasteiger partial charge is 0.0940 e. The number of rotatable bonds is 3. The highest BCUT2D eigenvalue weighted by molar-refractivity contribution is 5.30. The number of aliphatic hydroxyl groups is 1. The SMILES string of the molecule is CC[C@@H](N)[C@@H](O)c1cc(C)cc(C)c1. The third kappa shape index (κ3) is 2.56. The Labute approximate surface area is 85.8 Å². The van der Waals surface area contributed by atoms with Crippen molar-refractivity contribution in [2.45, 2.75) is 39.3 Å². The molecule has 0 saturated heterocycles. The van der Waals surface area contributed by atoms with Crippen LogP contribution in [-0.4, -0.2) is 11.1 Å². The number of nitrogens with two attached hydrogens (primary N) is 1. The molecule has 1 aromatic rings. The van der Waals surface area contributed by atoms with Crippen molar-refractivity contribution >= 4 is 0 Å². The van der Waals surface area contributed by atoms with Crippen molar-refractivity contribution in [2.75, 3.05) is 0 Å². The molecule has 0 fully saturated rings. The zero-order valence-corrected chi connectivity index (χ0v) is 9.12. The van der Waals surface area contributed by atoms with E-state index in [9.17, 15) is 5.11 Å². The van der Waals surface area contributed by atoms with Crippen LogP contribution in [0.15, 0.2) is 18.2 Å². The summed E-state index contributed by atoms with van der Waals surface area (Å²) in [7, 11) is 0.